The minimum atomic E-state index is -0.223. The molecule has 0 aromatic heterocycles. The lowest BCUT2D eigenvalue weighted by Crippen LogP contribution is -2.32. The molecule has 0 bridgehead atoms. The standard InChI is InChI=1S/C19H22N2O4/c1-14-4-3-5-18(12-14)24-11-10-20-19(23)13-25-17-8-6-16(7-9-17)21-15(2)22/h3-9,12H,10-11,13H2,1-2H3,(H,20,23)(H,21,22). The Balaban J connectivity index is 1.64. The molecule has 0 heterocycles. The van der Waals surface area contributed by atoms with Gasteiger partial charge in [-0.1, -0.05) is 12.1 Å². The summed E-state index contributed by atoms with van der Waals surface area (Å²) in [6.07, 6.45) is 0. The molecule has 6 nitrogen and oxygen atoms in total. The van der Waals surface area contributed by atoms with Crippen LogP contribution in [0.4, 0.5) is 5.69 Å². The zero-order valence-electron chi connectivity index (χ0n) is 14.4. The molecule has 0 aliphatic heterocycles. The number of amides is 2. The smallest absolute Gasteiger partial charge is 0.258 e. The van der Waals surface area contributed by atoms with Crippen molar-refractivity contribution in [2.45, 2.75) is 13.8 Å². The first-order valence-corrected chi connectivity index (χ1v) is 7.99. The predicted molar refractivity (Wildman–Crippen MR) is 95.9 cm³/mol. The maximum Gasteiger partial charge on any atom is 0.258 e. The first-order chi connectivity index (χ1) is 12.0. The molecule has 0 aliphatic carbocycles. The third kappa shape index (κ3) is 6.95. The summed E-state index contributed by atoms with van der Waals surface area (Å²) in [6, 6.07) is 14.6. The van der Waals surface area contributed by atoms with Gasteiger partial charge in [0.2, 0.25) is 5.91 Å². The molecule has 0 saturated carbocycles. The maximum atomic E-state index is 11.7. The van der Waals surface area contributed by atoms with Crippen LogP contribution in [0.3, 0.4) is 0 Å². The van der Waals surface area contributed by atoms with Gasteiger partial charge < -0.3 is 20.1 Å². The van der Waals surface area contributed by atoms with Crippen LogP contribution in [0.5, 0.6) is 11.5 Å². The van der Waals surface area contributed by atoms with Gasteiger partial charge >= 0.3 is 0 Å². The minimum Gasteiger partial charge on any atom is -0.492 e. The van der Waals surface area contributed by atoms with Gasteiger partial charge in [0.1, 0.15) is 18.1 Å². The highest BCUT2D eigenvalue weighted by molar-refractivity contribution is 5.88. The lowest BCUT2D eigenvalue weighted by atomic mass is 10.2. The summed E-state index contributed by atoms with van der Waals surface area (Å²) in [6.45, 7) is 4.15. The number of hydrogen-bond acceptors (Lipinski definition) is 4. The van der Waals surface area contributed by atoms with Gasteiger partial charge in [0.05, 0.1) is 6.54 Å². The zero-order valence-corrected chi connectivity index (χ0v) is 14.4. The minimum absolute atomic E-state index is 0.0794. The summed E-state index contributed by atoms with van der Waals surface area (Å²) >= 11 is 0. The largest absolute Gasteiger partial charge is 0.492 e. The van der Waals surface area contributed by atoms with E-state index in [2.05, 4.69) is 10.6 Å². The Hall–Kier alpha value is -3.02. The Bertz CT molecular complexity index is 714. The van der Waals surface area contributed by atoms with Crippen molar-refractivity contribution in [3.05, 3.63) is 54.1 Å². The van der Waals surface area contributed by atoms with E-state index in [-0.39, 0.29) is 18.4 Å². The molecule has 2 aromatic rings. The van der Waals surface area contributed by atoms with Gasteiger partial charge in [-0.15, -0.1) is 0 Å². The Labute approximate surface area is 147 Å². The Morgan fingerprint density at radius 3 is 2.44 bits per heavy atom. The lowest BCUT2D eigenvalue weighted by Gasteiger charge is -2.10. The molecule has 2 amide bonds. The van der Waals surface area contributed by atoms with Crippen LogP contribution in [-0.2, 0) is 9.59 Å². The fourth-order valence-electron chi connectivity index (χ4n) is 2.10. The average molecular weight is 342 g/mol. The van der Waals surface area contributed by atoms with Crippen molar-refractivity contribution in [2.24, 2.45) is 0 Å². The first-order valence-electron chi connectivity index (χ1n) is 7.99. The van der Waals surface area contributed by atoms with Crippen LogP contribution in [-0.4, -0.2) is 31.6 Å². The molecular weight excluding hydrogens is 320 g/mol. The van der Waals surface area contributed by atoms with E-state index < -0.39 is 0 Å². The zero-order chi connectivity index (χ0) is 18.1. The quantitative estimate of drug-likeness (QED) is 0.723. The van der Waals surface area contributed by atoms with Gasteiger partial charge in [-0.05, 0) is 48.9 Å². The van der Waals surface area contributed by atoms with Crippen LogP contribution >= 0.6 is 0 Å². The van der Waals surface area contributed by atoms with Gasteiger partial charge in [-0.3, -0.25) is 9.59 Å². The molecule has 0 fully saturated rings. The molecule has 0 atom stereocenters. The third-order valence-corrected chi connectivity index (χ3v) is 3.23. The van der Waals surface area contributed by atoms with Crippen molar-refractivity contribution < 1.29 is 19.1 Å². The normalized spacial score (nSPS) is 10.0. The maximum absolute atomic E-state index is 11.7. The molecule has 0 saturated heterocycles. The molecule has 2 N–H and O–H groups in total. The van der Waals surface area contributed by atoms with Crippen LogP contribution in [0.15, 0.2) is 48.5 Å². The van der Waals surface area contributed by atoms with Crippen LogP contribution in [0.2, 0.25) is 0 Å². The van der Waals surface area contributed by atoms with Crippen molar-refractivity contribution >= 4 is 17.5 Å². The number of hydrogen-bond donors (Lipinski definition) is 2. The summed E-state index contributed by atoms with van der Waals surface area (Å²) in [5.41, 5.74) is 1.80. The molecule has 6 heteroatoms. The molecule has 25 heavy (non-hydrogen) atoms. The topological polar surface area (TPSA) is 76.7 Å². The number of ether oxygens (including phenoxy) is 2. The Morgan fingerprint density at radius 1 is 1.00 bits per heavy atom. The van der Waals surface area contributed by atoms with Crippen molar-refractivity contribution in [3.8, 4) is 11.5 Å². The van der Waals surface area contributed by atoms with Crippen LogP contribution < -0.4 is 20.1 Å². The van der Waals surface area contributed by atoms with E-state index >= 15 is 0 Å². The first kappa shape index (κ1) is 18.3. The molecule has 2 rings (SSSR count). The van der Waals surface area contributed by atoms with E-state index in [0.29, 0.717) is 24.6 Å². The number of aryl methyl sites for hydroxylation is 1. The van der Waals surface area contributed by atoms with E-state index in [9.17, 15) is 9.59 Å². The molecule has 0 radical (unpaired) electrons. The lowest BCUT2D eigenvalue weighted by molar-refractivity contribution is -0.123. The highest BCUT2D eigenvalue weighted by Crippen LogP contribution is 2.15. The van der Waals surface area contributed by atoms with Gasteiger partial charge in [-0.25, -0.2) is 0 Å². The number of benzene rings is 2. The van der Waals surface area contributed by atoms with Gasteiger partial charge in [-0.2, -0.15) is 0 Å². The van der Waals surface area contributed by atoms with Crippen LogP contribution in [0.1, 0.15) is 12.5 Å². The number of anilines is 1. The number of carbonyl (C=O) groups excluding carboxylic acids is 2. The second-order valence-electron chi connectivity index (χ2n) is 5.51. The van der Waals surface area contributed by atoms with E-state index in [1.54, 1.807) is 24.3 Å². The number of nitrogens with one attached hydrogen (secondary N) is 2. The van der Waals surface area contributed by atoms with Gasteiger partial charge in [0, 0.05) is 12.6 Å². The van der Waals surface area contributed by atoms with Gasteiger partial charge in [0.15, 0.2) is 6.61 Å². The van der Waals surface area contributed by atoms with Crippen LogP contribution in [0.25, 0.3) is 0 Å². The van der Waals surface area contributed by atoms with Crippen molar-refractivity contribution in [1.82, 2.24) is 5.32 Å². The molecule has 0 unspecified atom stereocenters. The Morgan fingerprint density at radius 2 is 1.76 bits per heavy atom. The second-order valence-corrected chi connectivity index (χ2v) is 5.51. The summed E-state index contributed by atoms with van der Waals surface area (Å²) in [5.74, 6) is 0.977. The highest BCUT2D eigenvalue weighted by Gasteiger charge is 2.03. The third-order valence-electron chi connectivity index (χ3n) is 3.23. The highest BCUT2D eigenvalue weighted by atomic mass is 16.5. The van der Waals surface area contributed by atoms with E-state index in [1.165, 1.54) is 6.92 Å². The molecule has 2 aromatic carbocycles. The fourth-order valence-corrected chi connectivity index (χ4v) is 2.10. The summed E-state index contributed by atoms with van der Waals surface area (Å²) in [5, 5.41) is 5.39. The molecule has 132 valence electrons. The van der Waals surface area contributed by atoms with Crippen molar-refractivity contribution in [3.63, 3.8) is 0 Å². The van der Waals surface area contributed by atoms with Gasteiger partial charge in [0.25, 0.3) is 5.91 Å². The number of carbonyl (C=O) groups is 2. The fraction of sp³-hybridized carbons (Fsp3) is 0.263. The second kappa shape index (κ2) is 9.32. The summed E-state index contributed by atoms with van der Waals surface area (Å²) < 4.78 is 10.9. The van der Waals surface area contributed by atoms with E-state index in [4.69, 9.17) is 9.47 Å². The Kier molecular flexibility index (Phi) is 6.83. The summed E-state index contributed by atoms with van der Waals surface area (Å²) in [4.78, 5) is 22.7. The average Bonchev–Trinajstić information content (AvgIpc) is 2.58. The molecular formula is C19H22N2O4. The van der Waals surface area contributed by atoms with Crippen LogP contribution in [0, 0.1) is 6.92 Å². The summed E-state index contributed by atoms with van der Waals surface area (Å²) in [7, 11) is 0. The SMILES string of the molecule is CC(=O)Nc1ccc(OCC(=O)NCCOc2cccc(C)c2)cc1. The van der Waals surface area contributed by atoms with E-state index in [1.807, 2.05) is 31.2 Å². The molecule has 0 spiro atoms. The monoisotopic (exact) mass is 342 g/mol. The predicted octanol–water partition coefficient (Wildman–Crippen LogP) is 2.53. The molecule has 0 aliphatic rings. The van der Waals surface area contributed by atoms with Crippen molar-refractivity contribution in [2.75, 3.05) is 25.1 Å². The van der Waals surface area contributed by atoms with Crippen molar-refractivity contribution in [1.29, 1.82) is 0 Å². The number of rotatable bonds is 8. The van der Waals surface area contributed by atoms with E-state index in [0.717, 1.165) is 11.3 Å².